The van der Waals surface area contributed by atoms with E-state index in [0.29, 0.717) is 16.6 Å². The van der Waals surface area contributed by atoms with Crippen molar-refractivity contribution in [2.45, 2.75) is 29.8 Å². The fourth-order valence-corrected chi connectivity index (χ4v) is 2.92. The molecule has 0 unspecified atom stereocenters. The third-order valence-corrected chi connectivity index (χ3v) is 4.05. The van der Waals surface area contributed by atoms with Crippen molar-refractivity contribution in [2.24, 2.45) is 0 Å². The van der Waals surface area contributed by atoms with Gasteiger partial charge in [-0.3, -0.25) is 4.57 Å². The summed E-state index contributed by atoms with van der Waals surface area (Å²) in [6.07, 6.45) is 2.04. The molecular weight excluding hydrogens is 267 g/mol. The van der Waals surface area contributed by atoms with Crippen LogP contribution >= 0.6 is 11.8 Å². The van der Waals surface area contributed by atoms with E-state index in [1.54, 1.807) is 10.6 Å². The van der Waals surface area contributed by atoms with Crippen LogP contribution < -0.4 is 11.4 Å². The molecule has 1 aliphatic carbocycles. The quantitative estimate of drug-likeness (QED) is 0.662. The lowest BCUT2D eigenvalue weighted by atomic mass is 10.2. The predicted octanol–water partition coefficient (Wildman–Crippen LogP) is 1.92. The lowest BCUT2D eigenvalue weighted by molar-refractivity contribution is 0.628. The topological polar surface area (TPSA) is 76.7 Å². The van der Waals surface area contributed by atoms with E-state index in [1.165, 1.54) is 23.9 Å². The number of benzene rings is 1. The first-order valence-electron chi connectivity index (χ1n) is 5.99. The number of nitrogens with zero attached hydrogens (tertiary/aromatic N) is 2. The molecule has 0 atom stereocenters. The van der Waals surface area contributed by atoms with Crippen LogP contribution in [0, 0.1) is 5.82 Å². The molecule has 1 heterocycles. The van der Waals surface area contributed by atoms with E-state index in [9.17, 15) is 9.18 Å². The highest BCUT2D eigenvalue weighted by Crippen LogP contribution is 2.36. The zero-order valence-electron chi connectivity index (χ0n) is 10.1. The number of anilines is 1. The second-order valence-electron chi connectivity index (χ2n) is 4.54. The highest BCUT2D eigenvalue weighted by Gasteiger charge is 2.28. The average Bonchev–Trinajstić information content (AvgIpc) is 3.13. The number of halogens is 1. The molecule has 1 aromatic heterocycles. The molecule has 1 aromatic carbocycles. The van der Waals surface area contributed by atoms with Crippen LogP contribution in [0.2, 0.25) is 0 Å². The van der Waals surface area contributed by atoms with Gasteiger partial charge in [0, 0.05) is 17.5 Å². The van der Waals surface area contributed by atoms with E-state index in [2.05, 4.69) is 10.2 Å². The summed E-state index contributed by atoms with van der Waals surface area (Å²) in [7, 11) is 0. The van der Waals surface area contributed by atoms with Crippen molar-refractivity contribution in [3.05, 3.63) is 40.1 Å². The highest BCUT2D eigenvalue weighted by atomic mass is 32.2. The number of nitrogens with two attached hydrogens (primary N) is 1. The van der Waals surface area contributed by atoms with Gasteiger partial charge < -0.3 is 5.73 Å². The van der Waals surface area contributed by atoms with Crippen LogP contribution in [0.4, 0.5) is 10.1 Å². The average molecular weight is 280 g/mol. The third kappa shape index (κ3) is 2.51. The molecule has 1 fully saturated rings. The van der Waals surface area contributed by atoms with Gasteiger partial charge in [0.1, 0.15) is 5.82 Å². The molecule has 0 amide bonds. The number of nitrogens with one attached hydrogen (secondary N) is 1. The summed E-state index contributed by atoms with van der Waals surface area (Å²) in [6, 6.07) is 4.61. The van der Waals surface area contributed by atoms with E-state index >= 15 is 0 Å². The van der Waals surface area contributed by atoms with Crippen LogP contribution in [0.5, 0.6) is 0 Å². The van der Waals surface area contributed by atoms with Crippen LogP contribution in [-0.2, 0) is 5.75 Å². The van der Waals surface area contributed by atoms with Gasteiger partial charge in [0.05, 0.1) is 0 Å². The first kappa shape index (κ1) is 12.3. The minimum Gasteiger partial charge on any atom is -0.398 e. The smallest absolute Gasteiger partial charge is 0.344 e. The van der Waals surface area contributed by atoms with Crippen LogP contribution in [0.15, 0.2) is 28.2 Å². The minimum atomic E-state index is -0.346. The van der Waals surface area contributed by atoms with E-state index < -0.39 is 0 Å². The predicted molar refractivity (Wildman–Crippen MR) is 71.5 cm³/mol. The summed E-state index contributed by atoms with van der Waals surface area (Å²) < 4.78 is 14.6. The number of hydrogen-bond acceptors (Lipinski definition) is 4. The monoisotopic (exact) mass is 280 g/mol. The number of nitrogen functional groups attached to an aromatic ring is 1. The van der Waals surface area contributed by atoms with Gasteiger partial charge in [-0.15, -0.1) is 5.10 Å². The Kier molecular flexibility index (Phi) is 3.06. The Morgan fingerprint density at radius 2 is 2.32 bits per heavy atom. The Morgan fingerprint density at radius 3 is 3.00 bits per heavy atom. The lowest BCUT2D eigenvalue weighted by Crippen LogP contribution is -2.16. The van der Waals surface area contributed by atoms with E-state index in [0.717, 1.165) is 18.4 Å². The summed E-state index contributed by atoms with van der Waals surface area (Å²) in [5, 5.41) is 7.14. The van der Waals surface area contributed by atoms with Gasteiger partial charge in [0.2, 0.25) is 0 Å². The van der Waals surface area contributed by atoms with Crippen molar-refractivity contribution in [3.8, 4) is 0 Å². The fraction of sp³-hybridized carbons (Fsp3) is 0.333. The maximum atomic E-state index is 12.9. The molecule has 1 aliphatic rings. The Labute approximate surface area is 113 Å². The number of aromatic amines is 1. The van der Waals surface area contributed by atoms with Crippen molar-refractivity contribution in [2.75, 3.05) is 5.73 Å². The zero-order valence-corrected chi connectivity index (χ0v) is 10.9. The van der Waals surface area contributed by atoms with E-state index in [-0.39, 0.29) is 17.5 Å². The molecule has 0 aliphatic heterocycles. The molecule has 19 heavy (non-hydrogen) atoms. The Morgan fingerprint density at radius 1 is 1.53 bits per heavy atom. The normalized spacial score (nSPS) is 14.8. The van der Waals surface area contributed by atoms with Crippen molar-refractivity contribution >= 4 is 17.4 Å². The Hall–Kier alpha value is -1.76. The van der Waals surface area contributed by atoms with Gasteiger partial charge in [-0.25, -0.2) is 14.3 Å². The zero-order chi connectivity index (χ0) is 13.4. The second-order valence-corrected chi connectivity index (χ2v) is 5.49. The van der Waals surface area contributed by atoms with Crippen molar-refractivity contribution in [1.82, 2.24) is 14.8 Å². The third-order valence-electron chi connectivity index (χ3n) is 3.05. The van der Waals surface area contributed by atoms with E-state index in [4.69, 9.17) is 5.73 Å². The van der Waals surface area contributed by atoms with Gasteiger partial charge >= 0.3 is 5.69 Å². The number of thioether (sulfide) groups is 1. The van der Waals surface area contributed by atoms with Gasteiger partial charge in [-0.05, 0) is 30.5 Å². The Bertz CT molecular complexity index is 662. The van der Waals surface area contributed by atoms with Crippen molar-refractivity contribution in [3.63, 3.8) is 0 Å². The molecule has 3 rings (SSSR count). The molecule has 0 spiro atoms. The summed E-state index contributed by atoms with van der Waals surface area (Å²) in [5.74, 6) is 0.212. The molecule has 100 valence electrons. The second kappa shape index (κ2) is 4.73. The molecule has 5 nitrogen and oxygen atoms in total. The first-order chi connectivity index (χ1) is 9.15. The Balaban J connectivity index is 1.77. The first-order valence-corrected chi connectivity index (χ1v) is 6.97. The number of H-pyrrole nitrogens is 1. The molecule has 1 saturated carbocycles. The molecular formula is C12H13FN4OS. The summed E-state index contributed by atoms with van der Waals surface area (Å²) >= 11 is 1.43. The number of aromatic nitrogens is 3. The maximum Gasteiger partial charge on any atom is 0.344 e. The minimum absolute atomic E-state index is 0.169. The number of rotatable bonds is 4. The van der Waals surface area contributed by atoms with Crippen LogP contribution in [0.25, 0.3) is 0 Å². The largest absolute Gasteiger partial charge is 0.398 e. The molecule has 0 radical (unpaired) electrons. The maximum absolute atomic E-state index is 12.9. The fourth-order valence-electron chi connectivity index (χ4n) is 1.89. The SMILES string of the molecule is Nc1cc(F)ccc1CSc1n[nH]c(=O)n1C1CC1. The summed E-state index contributed by atoms with van der Waals surface area (Å²) in [4.78, 5) is 11.6. The van der Waals surface area contributed by atoms with Gasteiger partial charge in [0.25, 0.3) is 0 Å². The molecule has 0 saturated heterocycles. The highest BCUT2D eigenvalue weighted by molar-refractivity contribution is 7.98. The molecule has 2 aromatic rings. The van der Waals surface area contributed by atoms with Crippen LogP contribution in [-0.4, -0.2) is 14.8 Å². The summed E-state index contributed by atoms with van der Waals surface area (Å²) in [5.41, 5.74) is 6.84. The van der Waals surface area contributed by atoms with Gasteiger partial charge in [0.15, 0.2) is 5.16 Å². The number of hydrogen-bond donors (Lipinski definition) is 2. The van der Waals surface area contributed by atoms with Gasteiger partial charge in [-0.2, -0.15) is 0 Å². The summed E-state index contributed by atoms with van der Waals surface area (Å²) in [6.45, 7) is 0. The molecule has 7 heteroatoms. The van der Waals surface area contributed by atoms with Crippen LogP contribution in [0.1, 0.15) is 24.4 Å². The molecule has 0 bridgehead atoms. The molecule has 3 N–H and O–H groups in total. The van der Waals surface area contributed by atoms with Crippen molar-refractivity contribution in [1.29, 1.82) is 0 Å². The standard InChI is InChI=1S/C12H13FN4OS/c13-8-2-1-7(10(14)5-8)6-19-12-16-15-11(18)17(12)9-3-4-9/h1-2,5,9H,3-4,6,14H2,(H,15,18). The lowest BCUT2D eigenvalue weighted by Gasteiger charge is -2.06. The van der Waals surface area contributed by atoms with Crippen molar-refractivity contribution < 1.29 is 4.39 Å². The van der Waals surface area contributed by atoms with Crippen LogP contribution in [0.3, 0.4) is 0 Å². The van der Waals surface area contributed by atoms with Gasteiger partial charge in [-0.1, -0.05) is 17.8 Å². The van der Waals surface area contributed by atoms with E-state index in [1.807, 2.05) is 0 Å².